The zero-order chi connectivity index (χ0) is 13.1. The summed E-state index contributed by atoms with van der Waals surface area (Å²) in [6.07, 6.45) is 0. The molecule has 0 radical (unpaired) electrons. The summed E-state index contributed by atoms with van der Waals surface area (Å²) in [4.78, 5) is 0. The molecule has 94 valence electrons. The van der Waals surface area contributed by atoms with Crippen LogP contribution in [-0.4, -0.2) is 5.11 Å². The van der Waals surface area contributed by atoms with Crippen molar-refractivity contribution >= 4 is 5.69 Å². The molecule has 0 atom stereocenters. The van der Waals surface area contributed by atoms with E-state index in [1.807, 2.05) is 0 Å². The highest BCUT2D eigenvalue weighted by molar-refractivity contribution is 5.46. The van der Waals surface area contributed by atoms with Crippen LogP contribution < -0.4 is 5.32 Å². The van der Waals surface area contributed by atoms with Crippen LogP contribution in [0.2, 0.25) is 0 Å². The van der Waals surface area contributed by atoms with E-state index in [2.05, 4.69) is 5.32 Å². The molecule has 0 bridgehead atoms. The third kappa shape index (κ3) is 2.74. The molecule has 18 heavy (non-hydrogen) atoms. The number of rotatable bonds is 3. The van der Waals surface area contributed by atoms with Crippen molar-refractivity contribution in [2.45, 2.75) is 6.54 Å². The van der Waals surface area contributed by atoms with Gasteiger partial charge >= 0.3 is 0 Å². The number of halogens is 3. The Morgan fingerprint density at radius 2 is 1.67 bits per heavy atom. The Labute approximate surface area is 102 Å². The summed E-state index contributed by atoms with van der Waals surface area (Å²) >= 11 is 0. The zero-order valence-corrected chi connectivity index (χ0v) is 9.25. The van der Waals surface area contributed by atoms with Gasteiger partial charge in [0.15, 0.2) is 11.6 Å². The Morgan fingerprint density at radius 3 is 2.33 bits per heavy atom. The van der Waals surface area contributed by atoms with Gasteiger partial charge in [0, 0.05) is 18.7 Å². The molecule has 0 aliphatic heterocycles. The predicted molar refractivity (Wildman–Crippen MR) is 61.7 cm³/mol. The van der Waals surface area contributed by atoms with Gasteiger partial charge < -0.3 is 10.4 Å². The van der Waals surface area contributed by atoms with E-state index in [4.69, 9.17) is 5.11 Å². The number of phenols is 1. The summed E-state index contributed by atoms with van der Waals surface area (Å²) in [7, 11) is 0. The van der Waals surface area contributed by atoms with Crippen molar-refractivity contribution in [1.82, 2.24) is 0 Å². The fourth-order valence-electron chi connectivity index (χ4n) is 1.50. The van der Waals surface area contributed by atoms with Gasteiger partial charge in [-0.25, -0.2) is 13.2 Å². The topological polar surface area (TPSA) is 32.3 Å². The van der Waals surface area contributed by atoms with E-state index in [9.17, 15) is 13.2 Å². The van der Waals surface area contributed by atoms with Gasteiger partial charge in [0.2, 0.25) is 0 Å². The average molecular weight is 253 g/mol. The lowest BCUT2D eigenvalue weighted by molar-refractivity contribution is 0.475. The lowest BCUT2D eigenvalue weighted by atomic mass is 10.2. The first kappa shape index (κ1) is 12.3. The van der Waals surface area contributed by atoms with Crippen molar-refractivity contribution in [3.63, 3.8) is 0 Å². The van der Waals surface area contributed by atoms with E-state index in [-0.39, 0.29) is 18.0 Å². The summed E-state index contributed by atoms with van der Waals surface area (Å²) in [5.74, 6) is -3.08. The highest BCUT2D eigenvalue weighted by Crippen LogP contribution is 2.20. The number of hydrogen-bond acceptors (Lipinski definition) is 2. The Hall–Kier alpha value is -2.17. The normalized spacial score (nSPS) is 10.4. The van der Waals surface area contributed by atoms with Crippen LogP contribution >= 0.6 is 0 Å². The number of aromatic hydroxyl groups is 1. The number of anilines is 1. The Morgan fingerprint density at radius 1 is 1.00 bits per heavy atom. The van der Waals surface area contributed by atoms with Crippen molar-refractivity contribution in [3.05, 3.63) is 59.4 Å². The van der Waals surface area contributed by atoms with Crippen molar-refractivity contribution in [1.29, 1.82) is 0 Å². The SMILES string of the molecule is Oc1ccc(CNc2cc(F)cc(F)c2F)cc1. The van der Waals surface area contributed by atoms with Crippen LogP contribution in [0, 0.1) is 17.5 Å². The quantitative estimate of drug-likeness (QED) is 0.821. The van der Waals surface area contributed by atoms with Crippen molar-refractivity contribution in [2.24, 2.45) is 0 Å². The van der Waals surface area contributed by atoms with Gasteiger partial charge in [0.25, 0.3) is 0 Å². The first-order valence-corrected chi connectivity index (χ1v) is 5.22. The summed E-state index contributed by atoms with van der Waals surface area (Å²) in [5.41, 5.74) is 0.512. The maximum atomic E-state index is 13.3. The molecular weight excluding hydrogens is 243 g/mol. The molecule has 0 unspecified atom stereocenters. The van der Waals surface area contributed by atoms with E-state index in [1.54, 1.807) is 12.1 Å². The summed E-state index contributed by atoms with van der Waals surface area (Å²) in [6.45, 7) is 0.195. The standard InChI is InChI=1S/C13H10F3NO/c14-9-5-11(15)13(16)12(6-9)17-7-8-1-3-10(18)4-2-8/h1-6,17-18H,7H2. The Bertz CT molecular complexity index is 555. The average Bonchev–Trinajstić information content (AvgIpc) is 2.34. The van der Waals surface area contributed by atoms with Crippen molar-refractivity contribution in [2.75, 3.05) is 5.32 Å². The van der Waals surface area contributed by atoms with Crippen LogP contribution in [0.15, 0.2) is 36.4 Å². The second-order valence-electron chi connectivity index (χ2n) is 3.77. The lowest BCUT2D eigenvalue weighted by Crippen LogP contribution is -2.03. The molecule has 0 aromatic heterocycles. The molecule has 0 saturated heterocycles. The van der Waals surface area contributed by atoms with Crippen LogP contribution in [0.1, 0.15) is 5.56 Å². The zero-order valence-electron chi connectivity index (χ0n) is 9.25. The maximum absolute atomic E-state index is 13.3. The van der Waals surface area contributed by atoms with Gasteiger partial charge in [-0.3, -0.25) is 0 Å². The fourth-order valence-corrected chi connectivity index (χ4v) is 1.50. The van der Waals surface area contributed by atoms with Crippen molar-refractivity contribution < 1.29 is 18.3 Å². The van der Waals surface area contributed by atoms with E-state index >= 15 is 0 Å². The molecular formula is C13H10F3NO. The highest BCUT2D eigenvalue weighted by atomic mass is 19.2. The predicted octanol–water partition coefficient (Wildman–Crippen LogP) is 3.42. The van der Waals surface area contributed by atoms with E-state index in [0.717, 1.165) is 11.6 Å². The maximum Gasteiger partial charge on any atom is 0.182 e. The molecule has 0 aliphatic rings. The summed E-state index contributed by atoms with van der Waals surface area (Å²) < 4.78 is 39.1. The van der Waals surface area contributed by atoms with E-state index in [0.29, 0.717) is 6.07 Å². The molecule has 5 heteroatoms. The first-order valence-electron chi connectivity index (χ1n) is 5.22. The molecule has 2 N–H and O–H groups in total. The van der Waals surface area contributed by atoms with Crippen LogP contribution in [0.4, 0.5) is 18.9 Å². The van der Waals surface area contributed by atoms with Crippen molar-refractivity contribution in [3.8, 4) is 5.75 Å². The third-order valence-electron chi connectivity index (χ3n) is 2.41. The number of benzene rings is 2. The molecule has 2 nitrogen and oxygen atoms in total. The molecule has 0 amide bonds. The second kappa shape index (κ2) is 5.00. The van der Waals surface area contributed by atoms with Crippen LogP contribution in [0.3, 0.4) is 0 Å². The molecule has 2 aromatic rings. The summed E-state index contributed by atoms with van der Waals surface area (Å²) in [5, 5.41) is 11.7. The monoisotopic (exact) mass is 253 g/mol. The molecule has 2 rings (SSSR count). The van der Waals surface area contributed by atoms with E-state index < -0.39 is 17.5 Å². The molecule has 0 saturated carbocycles. The van der Waals surface area contributed by atoms with Gasteiger partial charge in [-0.2, -0.15) is 0 Å². The number of phenolic OH excluding ortho intramolecular Hbond substituents is 1. The van der Waals surface area contributed by atoms with E-state index in [1.165, 1.54) is 12.1 Å². The molecule has 0 spiro atoms. The largest absolute Gasteiger partial charge is 0.508 e. The third-order valence-corrected chi connectivity index (χ3v) is 2.41. The Kier molecular flexibility index (Phi) is 3.41. The van der Waals surface area contributed by atoms with Crippen LogP contribution in [0.5, 0.6) is 5.75 Å². The fraction of sp³-hybridized carbons (Fsp3) is 0.0769. The molecule has 0 aliphatic carbocycles. The number of hydrogen-bond donors (Lipinski definition) is 2. The highest BCUT2D eigenvalue weighted by Gasteiger charge is 2.10. The summed E-state index contributed by atoms with van der Waals surface area (Å²) in [6, 6.07) is 7.56. The smallest absolute Gasteiger partial charge is 0.182 e. The lowest BCUT2D eigenvalue weighted by Gasteiger charge is -2.08. The van der Waals surface area contributed by atoms with Gasteiger partial charge in [0.05, 0.1) is 5.69 Å². The van der Waals surface area contributed by atoms with Gasteiger partial charge in [-0.15, -0.1) is 0 Å². The number of nitrogens with one attached hydrogen (secondary N) is 1. The van der Waals surface area contributed by atoms with Gasteiger partial charge in [-0.05, 0) is 17.7 Å². The molecule has 0 fully saturated rings. The van der Waals surface area contributed by atoms with Crippen LogP contribution in [-0.2, 0) is 6.54 Å². The minimum atomic E-state index is -1.23. The first-order chi connectivity index (χ1) is 8.56. The van der Waals surface area contributed by atoms with Crippen LogP contribution in [0.25, 0.3) is 0 Å². The Balaban J connectivity index is 2.13. The molecule has 2 aromatic carbocycles. The second-order valence-corrected chi connectivity index (χ2v) is 3.77. The minimum absolute atomic E-state index is 0.113. The minimum Gasteiger partial charge on any atom is -0.508 e. The van der Waals surface area contributed by atoms with Gasteiger partial charge in [0.1, 0.15) is 11.6 Å². The molecule has 0 heterocycles. The van der Waals surface area contributed by atoms with Gasteiger partial charge in [-0.1, -0.05) is 12.1 Å².